The third-order valence-electron chi connectivity index (χ3n) is 5.55. The largest absolute Gasteiger partial charge is 0.385 e. The summed E-state index contributed by atoms with van der Waals surface area (Å²) in [5, 5.41) is 2.97. The highest BCUT2D eigenvalue weighted by Crippen LogP contribution is 2.23. The first-order valence-electron chi connectivity index (χ1n) is 9.93. The van der Waals surface area contributed by atoms with Crippen LogP contribution in [-0.2, 0) is 14.3 Å². The van der Waals surface area contributed by atoms with E-state index in [1.807, 2.05) is 6.92 Å². The predicted molar refractivity (Wildman–Crippen MR) is 98.3 cm³/mol. The summed E-state index contributed by atoms with van der Waals surface area (Å²) in [6.45, 7) is 6.80. The van der Waals surface area contributed by atoms with Gasteiger partial charge in [-0.05, 0) is 52.1 Å². The molecule has 144 valence electrons. The molecule has 0 spiro atoms. The van der Waals surface area contributed by atoms with Crippen LogP contribution in [0.4, 0.5) is 0 Å². The van der Waals surface area contributed by atoms with E-state index in [0.29, 0.717) is 19.1 Å². The molecule has 2 fully saturated rings. The number of piperidine rings is 1. The SMILES string of the molecule is COCCCNC(=O)C(C)N1CCC(C(=O)N2CCCCCC2)CC1. The third kappa shape index (κ3) is 6.26. The standard InChI is InChI=1S/C19H35N3O3/c1-16(18(23)20-10-7-15-25-2)21-13-8-17(9-14-21)19(24)22-11-5-3-4-6-12-22/h16-17H,3-15H2,1-2H3,(H,20,23). The average molecular weight is 354 g/mol. The number of hydrogen-bond donors (Lipinski definition) is 1. The summed E-state index contributed by atoms with van der Waals surface area (Å²) in [5.41, 5.74) is 0. The molecule has 1 N–H and O–H groups in total. The fourth-order valence-corrected chi connectivity index (χ4v) is 3.82. The Kier molecular flexibility index (Phi) is 8.68. The second kappa shape index (κ2) is 10.8. The Balaban J connectivity index is 1.72. The molecule has 0 aromatic heterocycles. The van der Waals surface area contributed by atoms with E-state index in [0.717, 1.165) is 58.3 Å². The van der Waals surface area contributed by atoms with Gasteiger partial charge in [-0.2, -0.15) is 0 Å². The van der Waals surface area contributed by atoms with Gasteiger partial charge in [0.25, 0.3) is 0 Å². The van der Waals surface area contributed by atoms with E-state index in [9.17, 15) is 9.59 Å². The van der Waals surface area contributed by atoms with Gasteiger partial charge in [-0.25, -0.2) is 0 Å². The molecule has 25 heavy (non-hydrogen) atoms. The van der Waals surface area contributed by atoms with Crippen molar-refractivity contribution in [1.82, 2.24) is 15.1 Å². The van der Waals surface area contributed by atoms with E-state index in [1.54, 1.807) is 7.11 Å². The Hall–Kier alpha value is -1.14. The summed E-state index contributed by atoms with van der Waals surface area (Å²) >= 11 is 0. The minimum atomic E-state index is -0.128. The summed E-state index contributed by atoms with van der Waals surface area (Å²) in [5.74, 6) is 0.568. The normalized spacial score (nSPS) is 21.6. The minimum Gasteiger partial charge on any atom is -0.385 e. The van der Waals surface area contributed by atoms with Gasteiger partial charge in [-0.1, -0.05) is 12.8 Å². The fourth-order valence-electron chi connectivity index (χ4n) is 3.82. The van der Waals surface area contributed by atoms with Gasteiger partial charge in [-0.3, -0.25) is 14.5 Å². The van der Waals surface area contributed by atoms with Crippen LogP contribution in [0.3, 0.4) is 0 Å². The number of rotatable bonds is 7. The summed E-state index contributed by atoms with van der Waals surface area (Å²) in [6.07, 6.45) is 7.36. The third-order valence-corrected chi connectivity index (χ3v) is 5.55. The highest BCUT2D eigenvalue weighted by Gasteiger charge is 2.31. The van der Waals surface area contributed by atoms with E-state index < -0.39 is 0 Å². The van der Waals surface area contributed by atoms with E-state index in [2.05, 4.69) is 15.1 Å². The highest BCUT2D eigenvalue weighted by molar-refractivity contribution is 5.81. The maximum Gasteiger partial charge on any atom is 0.237 e. The van der Waals surface area contributed by atoms with Gasteiger partial charge in [0.15, 0.2) is 0 Å². The number of likely N-dealkylation sites (tertiary alicyclic amines) is 2. The van der Waals surface area contributed by atoms with Gasteiger partial charge >= 0.3 is 0 Å². The van der Waals surface area contributed by atoms with Gasteiger partial charge in [0, 0.05) is 39.3 Å². The van der Waals surface area contributed by atoms with Crippen molar-refractivity contribution < 1.29 is 14.3 Å². The van der Waals surface area contributed by atoms with Crippen LogP contribution in [-0.4, -0.2) is 74.1 Å². The molecule has 1 atom stereocenters. The van der Waals surface area contributed by atoms with Gasteiger partial charge in [0.1, 0.15) is 0 Å². The molecule has 2 aliphatic heterocycles. The first-order valence-corrected chi connectivity index (χ1v) is 9.93. The molecule has 2 saturated heterocycles. The predicted octanol–water partition coefficient (Wildman–Crippen LogP) is 1.64. The summed E-state index contributed by atoms with van der Waals surface area (Å²) in [4.78, 5) is 29.3. The Morgan fingerprint density at radius 2 is 1.72 bits per heavy atom. The topological polar surface area (TPSA) is 61.9 Å². The van der Waals surface area contributed by atoms with Crippen LogP contribution < -0.4 is 5.32 Å². The molecule has 0 aromatic carbocycles. The van der Waals surface area contributed by atoms with Gasteiger partial charge in [-0.15, -0.1) is 0 Å². The molecule has 0 radical (unpaired) electrons. The first-order chi connectivity index (χ1) is 12.1. The molecule has 0 aromatic rings. The second-order valence-electron chi connectivity index (χ2n) is 7.36. The summed E-state index contributed by atoms with van der Waals surface area (Å²) in [7, 11) is 1.67. The number of amides is 2. The number of carbonyl (C=O) groups is 2. The Morgan fingerprint density at radius 1 is 1.08 bits per heavy atom. The van der Waals surface area contributed by atoms with Crippen molar-refractivity contribution >= 4 is 11.8 Å². The highest BCUT2D eigenvalue weighted by atomic mass is 16.5. The van der Waals surface area contributed by atoms with Crippen LogP contribution >= 0.6 is 0 Å². The van der Waals surface area contributed by atoms with Crippen LogP contribution in [0, 0.1) is 5.92 Å². The number of carbonyl (C=O) groups excluding carboxylic acids is 2. The van der Waals surface area contributed by atoms with Crippen LogP contribution in [0.2, 0.25) is 0 Å². The number of nitrogens with zero attached hydrogens (tertiary/aromatic N) is 2. The van der Waals surface area contributed by atoms with Crippen LogP contribution in [0.1, 0.15) is 51.9 Å². The maximum atomic E-state index is 12.7. The molecule has 2 heterocycles. The number of nitrogens with one attached hydrogen (secondary N) is 1. The monoisotopic (exact) mass is 353 g/mol. The molecule has 6 nitrogen and oxygen atoms in total. The average Bonchev–Trinajstić information content (AvgIpc) is 2.93. The Bertz CT molecular complexity index is 414. The van der Waals surface area contributed by atoms with E-state index in [1.165, 1.54) is 12.8 Å². The summed E-state index contributed by atoms with van der Waals surface area (Å²) in [6, 6.07) is -0.128. The van der Waals surface area contributed by atoms with E-state index in [4.69, 9.17) is 4.74 Å². The van der Waals surface area contributed by atoms with Crippen molar-refractivity contribution in [2.75, 3.05) is 46.4 Å². The zero-order valence-electron chi connectivity index (χ0n) is 16.0. The number of methoxy groups -OCH3 is 1. The van der Waals surface area contributed by atoms with Crippen LogP contribution in [0.25, 0.3) is 0 Å². The molecule has 0 aliphatic carbocycles. The molecule has 2 aliphatic rings. The lowest BCUT2D eigenvalue weighted by molar-refractivity contribution is -0.137. The lowest BCUT2D eigenvalue weighted by atomic mass is 9.94. The molecule has 6 heteroatoms. The van der Waals surface area contributed by atoms with Crippen LogP contribution in [0.5, 0.6) is 0 Å². The molecular formula is C19H35N3O3. The molecule has 2 amide bonds. The quantitative estimate of drug-likeness (QED) is 0.707. The van der Waals surface area contributed by atoms with E-state index >= 15 is 0 Å². The van der Waals surface area contributed by atoms with E-state index in [-0.39, 0.29) is 17.9 Å². The Morgan fingerprint density at radius 3 is 2.32 bits per heavy atom. The zero-order chi connectivity index (χ0) is 18.1. The molecule has 2 rings (SSSR count). The molecular weight excluding hydrogens is 318 g/mol. The number of hydrogen-bond acceptors (Lipinski definition) is 4. The molecule has 0 bridgehead atoms. The van der Waals surface area contributed by atoms with Gasteiger partial charge < -0.3 is 15.0 Å². The lowest BCUT2D eigenvalue weighted by Gasteiger charge is -2.36. The lowest BCUT2D eigenvalue weighted by Crippen LogP contribution is -2.50. The van der Waals surface area contributed by atoms with Crippen molar-refractivity contribution in [2.45, 2.75) is 57.9 Å². The van der Waals surface area contributed by atoms with Crippen molar-refractivity contribution in [3.63, 3.8) is 0 Å². The number of ether oxygens (including phenoxy) is 1. The van der Waals surface area contributed by atoms with Crippen molar-refractivity contribution in [3.8, 4) is 0 Å². The van der Waals surface area contributed by atoms with Crippen molar-refractivity contribution in [1.29, 1.82) is 0 Å². The molecule has 0 saturated carbocycles. The zero-order valence-corrected chi connectivity index (χ0v) is 16.0. The first kappa shape index (κ1) is 20.2. The second-order valence-corrected chi connectivity index (χ2v) is 7.36. The van der Waals surface area contributed by atoms with Crippen molar-refractivity contribution in [3.05, 3.63) is 0 Å². The fraction of sp³-hybridized carbons (Fsp3) is 0.895. The van der Waals surface area contributed by atoms with Gasteiger partial charge in [0.2, 0.25) is 11.8 Å². The molecule has 1 unspecified atom stereocenters. The van der Waals surface area contributed by atoms with Gasteiger partial charge in [0.05, 0.1) is 6.04 Å². The summed E-state index contributed by atoms with van der Waals surface area (Å²) < 4.78 is 4.99. The minimum absolute atomic E-state index is 0.0772. The van der Waals surface area contributed by atoms with Crippen LogP contribution in [0.15, 0.2) is 0 Å². The Labute approximate surface area is 152 Å². The smallest absolute Gasteiger partial charge is 0.237 e. The maximum absolute atomic E-state index is 12.7. The van der Waals surface area contributed by atoms with Crippen molar-refractivity contribution in [2.24, 2.45) is 5.92 Å².